The van der Waals surface area contributed by atoms with Crippen molar-refractivity contribution in [2.75, 3.05) is 20.8 Å². The summed E-state index contributed by atoms with van der Waals surface area (Å²) in [5.41, 5.74) is 0. The van der Waals surface area contributed by atoms with Crippen molar-refractivity contribution >= 4 is 16.0 Å². The number of hydrogen-bond acceptors (Lipinski definition) is 5. The molecular formula is C14H19NO6S. The number of hydrogen-bond donors (Lipinski definition) is 1. The van der Waals surface area contributed by atoms with Gasteiger partial charge in [-0.3, -0.25) is 4.79 Å². The Morgan fingerprint density at radius 3 is 2.59 bits per heavy atom. The predicted octanol–water partition coefficient (Wildman–Crippen LogP) is 1.33. The quantitative estimate of drug-likeness (QED) is 0.876. The Labute approximate surface area is 129 Å². The molecule has 0 saturated carbocycles. The zero-order valence-corrected chi connectivity index (χ0v) is 13.3. The highest BCUT2D eigenvalue weighted by atomic mass is 32.2. The molecule has 0 unspecified atom stereocenters. The number of benzene rings is 1. The minimum Gasteiger partial charge on any atom is -0.497 e. The number of carboxylic acid groups (broad SMARTS) is 1. The number of rotatable bonds is 5. The summed E-state index contributed by atoms with van der Waals surface area (Å²) in [7, 11) is -1.19. The van der Waals surface area contributed by atoms with Crippen molar-refractivity contribution in [3.8, 4) is 11.5 Å². The van der Waals surface area contributed by atoms with Gasteiger partial charge in [0.15, 0.2) is 0 Å². The predicted molar refractivity (Wildman–Crippen MR) is 78.7 cm³/mol. The molecule has 1 heterocycles. The smallest absolute Gasteiger partial charge is 0.322 e. The topological polar surface area (TPSA) is 93.1 Å². The lowest BCUT2D eigenvalue weighted by Crippen LogP contribution is -2.47. The maximum Gasteiger partial charge on any atom is 0.322 e. The van der Waals surface area contributed by atoms with E-state index in [1.807, 2.05) is 0 Å². The summed E-state index contributed by atoms with van der Waals surface area (Å²) in [6.07, 6.45) is 1.63. The maximum atomic E-state index is 12.9. The van der Waals surface area contributed by atoms with Crippen LogP contribution in [-0.4, -0.2) is 50.6 Å². The molecule has 8 heteroatoms. The van der Waals surface area contributed by atoms with Crippen LogP contribution in [0.2, 0.25) is 0 Å². The molecule has 122 valence electrons. The lowest BCUT2D eigenvalue weighted by Gasteiger charge is -2.32. The number of carboxylic acids is 1. The van der Waals surface area contributed by atoms with Gasteiger partial charge < -0.3 is 14.6 Å². The highest BCUT2D eigenvalue weighted by molar-refractivity contribution is 7.89. The SMILES string of the molecule is COc1ccc(OC)c(S(=O)(=O)N2CCCC[C@@H]2C(=O)O)c1. The van der Waals surface area contributed by atoms with Gasteiger partial charge in [-0.2, -0.15) is 4.31 Å². The van der Waals surface area contributed by atoms with Crippen molar-refractivity contribution in [1.82, 2.24) is 4.31 Å². The van der Waals surface area contributed by atoms with Crippen molar-refractivity contribution in [3.05, 3.63) is 18.2 Å². The zero-order valence-electron chi connectivity index (χ0n) is 12.5. The molecule has 1 saturated heterocycles. The molecule has 1 N–H and O–H groups in total. The second-order valence-electron chi connectivity index (χ2n) is 4.98. The summed E-state index contributed by atoms with van der Waals surface area (Å²) >= 11 is 0. The summed E-state index contributed by atoms with van der Waals surface area (Å²) in [6, 6.07) is 3.38. The van der Waals surface area contributed by atoms with Crippen LogP contribution >= 0.6 is 0 Å². The molecule has 7 nitrogen and oxygen atoms in total. The molecule has 1 atom stereocenters. The maximum absolute atomic E-state index is 12.9. The van der Waals surface area contributed by atoms with Crippen LogP contribution in [0.5, 0.6) is 11.5 Å². The van der Waals surface area contributed by atoms with Crippen molar-refractivity contribution in [2.45, 2.75) is 30.2 Å². The Hall–Kier alpha value is -1.80. The lowest BCUT2D eigenvalue weighted by molar-refractivity contribution is -0.142. The first kappa shape index (κ1) is 16.6. The molecule has 1 aliphatic rings. The van der Waals surface area contributed by atoms with Crippen LogP contribution in [0.1, 0.15) is 19.3 Å². The van der Waals surface area contributed by atoms with E-state index in [-0.39, 0.29) is 17.2 Å². The highest BCUT2D eigenvalue weighted by Crippen LogP contribution is 2.33. The first-order valence-electron chi connectivity index (χ1n) is 6.88. The van der Waals surface area contributed by atoms with Crippen LogP contribution in [0.15, 0.2) is 23.1 Å². The van der Waals surface area contributed by atoms with E-state index in [0.717, 1.165) is 4.31 Å². The Bertz CT molecular complexity index is 657. The average Bonchev–Trinajstić information content (AvgIpc) is 2.54. The van der Waals surface area contributed by atoms with Crippen LogP contribution < -0.4 is 9.47 Å². The van der Waals surface area contributed by atoms with Gasteiger partial charge in [0, 0.05) is 12.6 Å². The largest absolute Gasteiger partial charge is 0.497 e. The van der Waals surface area contributed by atoms with Gasteiger partial charge in [-0.25, -0.2) is 8.42 Å². The second kappa shape index (κ2) is 6.53. The fourth-order valence-corrected chi connectivity index (χ4v) is 4.37. The molecule has 0 amide bonds. The van der Waals surface area contributed by atoms with Gasteiger partial charge in [-0.15, -0.1) is 0 Å². The van der Waals surface area contributed by atoms with E-state index in [9.17, 15) is 18.3 Å². The number of piperidine rings is 1. The first-order valence-corrected chi connectivity index (χ1v) is 8.32. The minimum atomic E-state index is -3.98. The first-order chi connectivity index (χ1) is 10.4. The molecule has 1 fully saturated rings. The third-order valence-corrected chi connectivity index (χ3v) is 5.63. The molecule has 0 spiro atoms. The molecule has 0 bridgehead atoms. The van der Waals surface area contributed by atoms with Crippen molar-refractivity contribution in [1.29, 1.82) is 0 Å². The van der Waals surface area contributed by atoms with E-state index in [2.05, 4.69) is 0 Å². The standard InChI is InChI=1S/C14H19NO6S/c1-20-10-6-7-12(21-2)13(9-10)22(18,19)15-8-4-3-5-11(15)14(16)17/h6-7,9,11H,3-5,8H2,1-2H3,(H,16,17)/t11-/m1/s1. The molecule has 0 radical (unpaired) electrons. The molecule has 0 aromatic heterocycles. The number of nitrogens with zero attached hydrogens (tertiary/aromatic N) is 1. The molecule has 1 aliphatic heterocycles. The van der Waals surface area contributed by atoms with E-state index in [0.29, 0.717) is 25.0 Å². The summed E-state index contributed by atoms with van der Waals surface area (Å²) in [5.74, 6) is -0.607. The summed E-state index contributed by atoms with van der Waals surface area (Å²) in [5, 5.41) is 9.28. The lowest BCUT2D eigenvalue weighted by atomic mass is 10.1. The van der Waals surface area contributed by atoms with E-state index < -0.39 is 22.0 Å². The number of carbonyl (C=O) groups is 1. The van der Waals surface area contributed by atoms with Gasteiger partial charge >= 0.3 is 5.97 Å². The highest BCUT2D eigenvalue weighted by Gasteiger charge is 2.39. The summed E-state index contributed by atoms with van der Waals surface area (Å²) in [6.45, 7) is 0.180. The van der Waals surface area contributed by atoms with Crippen molar-refractivity contribution < 1.29 is 27.8 Å². The summed E-state index contributed by atoms with van der Waals surface area (Å²) in [4.78, 5) is 11.3. The third-order valence-electron chi connectivity index (χ3n) is 3.70. The number of aliphatic carboxylic acids is 1. The van der Waals surface area contributed by atoms with Crippen LogP contribution in [0.3, 0.4) is 0 Å². The second-order valence-corrected chi connectivity index (χ2v) is 6.84. The molecule has 22 heavy (non-hydrogen) atoms. The molecule has 2 rings (SSSR count). The number of sulfonamides is 1. The third kappa shape index (κ3) is 3.02. The Morgan fingerprint density at radius 1 is 1.27 bits per heavy atom. The van der Waals surface area contributed by atoms with Gasteiger partial charge in [0.25, 0.3) is 0 Å². The van der Waals surface area contributed by atoms with Gasteiger partial charge in [0.1, 0.15) is 22.4 Å². The fraction of sp³-hybridized carbons (Fsp3) is 0.500. The van der Waals surface area contributed by atoms with E-state index in [1.54, 1.807) is 6.07 Å². The summed E-state index contributed by atoms with van der Waals surface area (Å²) < 4.78 is 37.0. The molecule has 0 aliphatic carbocycles. The van der Waals surface area contributed by atoms with Crippen LogP contribution in [0.4, 0.5) is 0 Å². The van der Waals surface area contributed by atoms with Gasteiger partial charge in [0.05, 0.1) is 14.2 Å². The van der Waals surface area contributed by atoms with Gasteiger partial charge in [-0.1, -0.05) is 0 Å². The average molecular weight is 329 g/mol. The monoisotopic (exact) mass is 329 g/mol. The molecule has 1 aromatic carbocycles. The van der Waals surface area contributed by atoms with E-state index >= 15 is 0 Å². The Morgan fingerprint density at radius 2 is 2.00 bits per heavy atom. The molecule has 1 aromatic rings. The van der Waals surface area contributed by atoms with Crippen LogP contribution in [0, 0.1) is 0 Å². The van der Waals surface area contributed by atoms with Crippen molar-refractivity contribution in [2.24, 2.45) is 0 Å². The van der Waals surface area contributed by atoms with Crippen LogP contribution in [0.25, 0.3) is 0 Å². The number of ether oxygens (including phenoxy) is 2. The van der Waals surface area contributed by atoms with E-state index in [4.69, 9.17) is 9.47 Å². The van der Waals surface area contributed by atoms with E-state index in [1.165, 1.54) is 26.4 Å². The van der Waals surface area contributed by atoms with Crippen LogP contribution in [-0.2, 0) is 14.8 Å². The van der Waals surface area contributed by atoms with Crippen molar-refractivity contribution in [3.63, 3.8) is 0 Å². The van der Waals surface area contributed by atoms with Gasteiger partial charge in [0.2, 0.25) is 10.0 Å². The Kier molecular flexibility index (Phi) is 4.92. The van der Waals surface area contributed by atoms with Gasteiger partial charge in [-0.05, 0) is 31.4 Å². The number of methoxy groups -OCH3 is 2. The Balaban J connectivity index is 2.51. The normalized spacial score (nSPS) is 19.6. The minimum absolute atomic E-state index is 0.0810. The molecular weight excluding hydrogens is 310 g/mol. The fourth-order valence-electron chi connectivity index (χ4n) is 2.55. The zero-order chi connectivity index (χ0) is 16.3.